The van der Waals surface area contributed by atoms with Crippen LogP contribution in [0.4, 0.5) is 11.5 Å². The van der Waals surface area contributed by atoms with Crippen molar-refractivity contribution in [2.24, 2.45) is 5.92 Å². The number of hydrogen-bond donors (Lipinski definition) is 1. The monoisotopic (exact) mass is 360 g/mol. The lowest BCUT2D eigenvalue weighted by molar-refractivity contribution is -0.120. The standard InChI is InChI=1S/C17H20N4O3S/c1-11-3-4-14(20-19-11)21-8-5-12(6-9-21)16(22)18-13-7-10-25-15(13)17(23)24-2/h3-4,7,10,12H,5-6,8-9H2,1-2H3,(H,18,22). The van der Waals surface area contributed by atoms with Crippen molar-refractivity contribution in [3.05, 3.63) is 34.2 Å². The van der Waals surface area contributed by atoms with Crippen LogP contribution < -0.4 is 10.2 Å². The summed E-state index contributed by atoms with van der Waals surface area (Å²) in [6, 6.07) is 5.62. The molecule has 0 aliphatic carbocycles. The Kier molecular flexibility index (Phi) is 5.28. The van der Waals surface area contributed by atoms with E-state index >= 15 is 0 Å². The van der Waals surface area contributed by atoms with Gasteiger partial charge < -0.3 is 15.0 Å². The molecule has 1 saturated heterocycles. The van der Waals surface area contributed by atoms with Gasteiger partial charge in [-0.3, -0.25) is 4.79 Å². The summed E-state index contributed by atoms with van der Waals surface area (Å²) in [5.74, 6) is 0.270. The number of anilines is 2. The number of aryl methyl sites for hydroxylation is 1. The summed E-state index contributed by atoms with van der Waals surface area (Å²) in [5.41, 5.74) is 1.41. The highest BCUT2D eigenvalue weighted by Crippen LogP contribution is 2.26. The summed E-state index contributed by atoms with van der Waals surface area (Å²) in [5, 5.41) is 12.9. The van der Waals surface area contributed by atoms with Crippen LogP contribution in [0, 0.1) is 12.8 Å². The van der Waals surface area contributed by atoms with Crippen molar-refractivity contribution >= 4 is 34.7 Å². The summed E-state index contributed by atoms with van der Waals surface area (Å²) in [7, 11) is 1.33. The summed E-state index contributed by atoms with van der Waals surface area (Å²) in [6.45, 7) is 3.41. The van der Waals surface area contributed by atoms with E-state index in [2.05, 4.69) is 20.4 Å². The summed E-state index contributed by atoms with van der Waals surface area (Å²) >= 11 is 1.26. The third kappa shape index (κ3) is 3.96. The number of thiophene rings is 1. The van der Waals surface area contributed by atoms with Gasteiger partial charge >= 0.3 is 5.97 Å². The molecule has 2 aromatic rings. The summed E-state index contributed by atoms with van der Waals surface area (Å²) in [4.78, 5) is 26.8. The van der Waals surface area contributed by atoms with E-state index in [1.165, 1.54) is 18.4 Å². The van der Waals surface area contributed by atoms with E-state index in [0.29, 0.717) is 10.6 Å². The van der Waals surface area contributed by atoms with Gasteiger partial charge in [-0.1, -0.05) is 0 Å². The Hall–Kier alpha value is -2.48. The normalized spacial score (nSPS) is 15.0. The molecule has 8 heteroatoms. The molecule has 0 bridgehead atoms. The Labute approximate surface area is 150 Å². The maximum Gasteiger partial charge on any atom is 0.350 e. The highest BCUT2D eigenvalue weighted by atomic mass is 32.1. The molecule has 1 amide bonds. The smallest absolute Gasteiger partial charge is 0.350 e. The van der Waals surface area contributed by atoms with E-state index in [1.807, 2.05) is 19.1 Å². The van der Waals surface area contributed by atoms with Crippen LogP contribution >= 0.6 is 11.3 Å². The fourth-order valence-electron chi connectivity index (χ4n) is 2.82. The Morgan fingerprint density at radius 2 is 2.00 bits per heavy atom. The first kappa shape index (κ1) is 17.3. The zero-order chi connectivity index (χ0) is 17.8. The van der Waals surface area contributed by atoms with Gasteiger partial charge in [0, 0.05) is 19.0 Å². The second kappa shape index (κ2) is 7.60. The summed E-state index contributed by atoms with van der Waals surface area (Å²) in [6.07, 6.45) is 1.47. The molecular weight excluding hydrogens is 340 g/mol. The van der Waals surface area contributed by atoms with E-state index in [-0.39, 0.29) is 11.8 Å². The molecule has 1 fully saturated rings. The van der Waals surface area contributed by atoms with Crippen LogP contribution in [0.15, 0.2) is 23.6 Å². The molecule has 0 saturated carbocycles. The molecule has 1 N–H and O–H groups in total. The first-order chi connectivity index (χ1) is 12.1. The molecule has 3 rings (SSSR count). The Bertz CT molecular complexity index is 752. The van der Waals surface area contributed by atoms with Crippen LogP contribution in [-0.4, -0.2) is 42.3 Å². The summed E-state index contributed by atoms with van der Waals surface area (Å²) < 4.78 is 4.73. The molecule has 0 radical (unpaired) electrons. The molecule has 0 unspecified atom stereocenters. The largest absolute Gasteiger partial charge is 0.465 e. The van der Waals surface area contributed by atoms with Gasteiger partial charge in [-0.25, -0.2) is 4.79 Å². The van der Waals surface area contributed by atoms with Crippen molar-refractivity contribution in [2.75, 3.05) is 30.4 Å². The lowest BCUT2D eigenvalue weighted by atomic mass is 9.96. The van der Waals surface area contributed by atoms with Crippen molar-refractivity contribution in [1.29, 1.82) is 0 Å². The molecule has 0 spiro atoms. The number of aromatic nitrogens is 2. The number of rotatable bonds is 4. The number of carbonyl (C=O) groups excluding carboxylic acids is 2. The maximum atomic E-state index is 12.5. The molecule has 132 valence electrons. The SMILES string of the molecule is COC(=O)c1sccc1NC(=O)C1CCN(c2ccc(C)nn2)CC1. The van der Waals surface area contributed by atoms with Crippen molar-refractivity contribution < 1.29 is 14.3 Å². The van der Waals surface area contributed by atoms with Crippen molar-refractivity contribution in [3.63, 3.8) is 0 Å². The van der Waals surface area contributed by atoms with Gasteiger partial charge in [-0.2, -0.15) is 5.10 Å². The van der Waals surface area contributed by atoms with Gasteiger partial charge in [0.05, 0.1) is 18.5 Å². The van der Waals surface area contributed by atoms with Gasteiger partial charge in [-0.15, -0.1) is 16.4 Å². The lowest BCUT2D eigenvalue weighted by Gasteiger charge is -2.31. The van der Waals surface area contributed by atoms with Gasteiger partial charge in [0.1, 0.15) is 4.88 Å². The van der Waals surface area contributed by atoms with Crippen LogP contribution in [0.5, 0.6) is 0 Å². The van der Waals surface area contributed by atoms with E-state index in [1.54, 1.807) is 11.4 Å². The van der Waals surface area contributed by atoms with E-state index < -0.39 is 5.97 Å². The highest BCUT2D eigenvalue weighted by Gasteiger charge is 2.27. The lowest BCUT2D eigenvalue weighted by Crippen LogP contribution is -2.38. The topological polar surface area (TPSA) is 84.4 Å². The van der Waals surface area contributed by atoms with Crippen LogP contribution in [0.1, 0.15) is 28.2 Å². The Morgan fingerprint density at radius 3 is 2.64 bits per heavy atom. The van der Waals surface area contributed by atoms with Gasteiger partial charge in [0.25, 0.3) is 0 Å². The Morgan fingerprint density at radius 1 is 1.24 bits per heavy atom. The maximum absolute atomic E-state index is 12.5. The number of nitrogens with zero attached hydrogens (tertiary/aromatic N) is 3. The average molecular weight is 360 g/mol. The minimum atomic E-state index is -0.432. The number of carbonyl (C=O) groups is 2. The van der Waals surface area contributed by atoms with Gasteiger partial charge in [0.15, 0.2) is 5.82 Å². The zero-order valence-electron chi connectivity index (χ0n) is 14.2. The minimum Gasteiger partial charge on any atom is -0.465 e. The molecular formula is C17H20N4O3S. The molecule has 2 aromatic heterocycles. The molecule has 0 aromatic carbocycles. The molecule has 1 aliphatic heterocycles. The first-order valence-corrected chi connectivity index (χ1v) is 8.98. The number of nitrogens with one attached hydrogen (secondary N) is 1. The van der Waals surface area contributed by atoms with Crippen LogP contribution in [0.2, 0.25) is 0 Å². The van der Waals surface area contributed by atoms with E-state index in [4.69, 9.17) is 4.74 Å². The number of ether oxygens (including phenoxy) is 1. The Balaban J connectivity index is 1.58. The molecule has 3 heterocycles. The van der Waals surface area contributed by atoms with E-state index in [0.717, 1.165) is 37.4 Å². The third-order valence-corrected chi connectivity index (χ3v) is 5.16. The number of hydrogen-bond acceptors (Lipinski definition) is 7. The zero-order valence-corrected chi connectivity index (χ0v) is 15.0. The van der Waals surface area contributed by atoms with Crippen LogP contribution in [-0.2, 0) is 9.53 Å². The van der Waals surface area contributed by atoms with E-state index in [9.17, 15) is 9.59 Å². The minimum absolute atomic E-state index is 0.0572. The first-order valence-electron chi connectivity index (χ1n) is 8.10. The number of methoxy groups -OCH3 is 1. The fourth-order valence-corrected chi connectivity index (χ4v) is 3.59. The third-order valence-electron chi connectivity index (χ3n) is 4.27. The highest BCUT2D eigenvalue weighted by molar-refractivity contribution is 7.12. The fraction of sp³-hybridized carbons (Fsp3) is 0.412. The van der Waals surface area contributed by atoms with Gasteiger partial charge in [0.2, 0.25) is 5.91 Å². The van der Waals surface area contributed by atoms with Crippen molar-refractivity contribution in [1.82, 2.24) is 10.2 Å². The van der Waals surface area contributed by atoms with Crippen molar-refractivity contribution in [3.8, 4) is 0 Å². The predicted octanol–water partition coefficient (Wildman–Crippen LogP) is 2.49. The quantitative estimate of drug-likeness (QED) is 0.843. The van der Waals surface area contributed by atoms with Crippen LogP contribution in [0.25, 0.3) is 0 Å². The molecule has 0 atom stereocenters. The molecule has 1 aliphatic rings. The average Bonchev–Trinajstić information content (AvgIpc) is 3.10. The van der Waals surface area contributed by atoms with Crippen LogP contribution in [0.3, 0.4) is 0 Å². The second-order valence-electron chi connectivity index (χ2n) is 5.94. The van der Waals surface area contributed by atoms with Crippen molar-refractivity contribution in [2.45, 2.75) is 19.8 Å². The number of esters is 1. The second-order valence-corrected chi connectivity index (χ2v) is 6.85. The number of amides is 1. The van der Waals surface area contributed by atoms with Gasteiger partial charge in [-0.05, 0) is 43.3 Å². The predicted molar refractivity (Wildman–Crippen MR) is 96.0 cm³/mol. The number of piperidine rings is 1. The molecule has 25 heavy (non-hydrogen) atoms. The molecule has 7 nitrogen and oxygen atoms in total.